The van der Waals surface area contributed by atoms with Crippen LogP contribution in [-0.2, 0) is 16.0 Å². The van der Waals surface area contributed by atoms with Gasteiger partial charge in [-0.15, -0.1) is 0 Å². The van der Waals surface area contributed by atoms with Crippen molar-refractivity contribution in [2.45, 2.75) is 64.3 Å². The predicted molar refractivity (Wildman–Crippen MR) is 96.6 cm³/mol. The molecule has 1 fully saturated rings. The summed E-state index contributed by atoms with van der Waals surface area (Å²) >= 11 is 0. The highest BCUT2D eigenvalue weighted by atomic mass is 16.2. The number of carbonyl (C=O) groups excluding carboxylic acids is 2. The van der Waals surface area contributed by atoms with Gasteiger partial charge in [0.1, 0.15) is 0 Å². The molecule has 0 aliphatic heterocycles. The number of benzene rings is 1. The van der Waals surface area contributed by atoms with Gasteiger partial charge in [0.25, 0.3) is 0 Å². The van der Waals surface area contributed by atoms with Crippen LogP contribution < -0.4 is 5.32 Å². The summed E-state index contributed by atoms with van der Waals surface area (Å²) in [5.41, 5.74) is 1.27. The average molecular weight is 330 g/mol. The second-order valence-electron chi connectivity index (χ2n) is 6.79. The van der Waals surface area contributed by atoms with Crippen LogP contribution in [0.2, 0.25) is 0 Å². The maximum absolute atomic E-state index is 12.3. The number of rotatable bonds is 7. The van der Waals surface area contributed by atoms with Crippen molar-refractivity contribution in [3.8, 4) is 0 Å². The summed E-state index contributed by atoms with van der Waals surface area (Å²) in [7, 11) is 0. The minimum Gasteiger partial charge on any atom is -0.352 e. The Balaban J connectivity index is 1.75. The fraction of sp³-hybridized carbons (Fsp3) is 0.600. The lowest BCUT2D eigenvalue weighted by Gasteiger charge is -2.23. The highest BCUT2D eigenvalue weighted by Gasteiger charge is 2.18. The van der Waals surface area contributed by atoms with Crippen LogP contribution in [0.25, 0.3) is 0 Å². The molecule has 1 aliphatic rings. The van der Waals surface area contributed by atoms with Crippen LogP contribution in [0.4, 0.5) is 0 Å². The van der Waals surface area contributed by atoms with Gasteiger partial charge in [0.2, 0.25) is 11.8 Å². The Kier molecular flexibility index (Phi) is 7.80. The van der Waals surface area contributed by atoms with Crippen molar-refractivity contribution < 1.29 is 9.59 Å². The van der Waals surface area contributed by atoms with E-state index in [0.717, 1.165) is 25.7 Å². The average Bonchev–Trinajstić information content (AvgIpc) is 2.83. The Labute approximate surface area is 145 Å². The lowest BCUT2D eigenvalue weighted by atomic mass is 10.1. The number of hydrogen-bond acceptors (Lipinski definition) is 2. The van der Waals surface area contributed by atoms with Crippen LogP contribution in [0.15, 0.2) is 30.3 Å². The highest BCUT2D eigenvalue weighted by molar-refractivity contribution is 5.83. The number of amides is 2. The summed E-state index contributed by atoms with van der Waals surface area (Å²) < 4.78 is 0. The number of nitrogens with one attached hydrogen (secondary N) is 1. The van der Waals surface area contributed by atoms with Crippen LogP contribution in [0.1, 0.15) is 57.4 Å². The molecular formula is C20H30N2O2. The van der Waals surface area contributed by atoms with E-state index in [1.807, 2.05) is 18.2 Å². The van der Waals surface area contributed by atoms with Crippen molar-refractivity contribution in [2.75, 3.05) is 13.1 Å². The Morgan fingerprint density at radius 2 is 1.75 bits per heavy atom. The summed E-state index contributed by atoms with van der Waals surface area (Å²) in [5, 5.41) is 3.12. The molecule has 4 heteroatoms. The summed E-state index contributed by atoms with van der Waals surface area (Å²) in [5.74, 6) is -0.0455. The fourth-order valence-electron chi connectivity index (χ4n) is 3.34. The molecule has 0 unspecified atom stereocenters. The SMILES string of the molecule is CC(=O)N(CCCc1ccccc1)CC(=O)NC1CCCCCC1. The zero-order chi connectivity index (χ0) is 17.2. The van der Waals surface area contributed by atoms with Crippen LogP contribution in [0.5, 0.6) is 0 Å². The third-order valence-corrected chi connectivity index (χ3v) is 4.74. The van der Waals surface area contributed by atoms with E-state index in [4.69, 9.17) is 0 Å². The molecule has 0 bridgehead atoms. The Hall–Kier alpha value is -1.84. The van der Waals surface area contributed by atoms with Crippen molar-refractivity contribution in [3.05, 3.63) is 35.9 Å². The summed E-state index contributed by atoms with van der Waals surface area (Å²) in [6.07, 6.45) is 8.86. The van der Waals surface area contributed by atoms with Gasteiger partial charge >= 0.3 is 0 Å². The van der Waals surface area contributed by atoms with Crippen molar-refractivity contribution in [1.82, 2.24) is 10.2 Å². The van der Waals surface area contributed by atoms with E-state index in [9.17, 15) is 9.59 Å². The zero-order valence-corrected chi connectivity index (χ0v) is 14.8. The van der Waals surface area contributed by atoms with Gasteiger partial charge in [0.05, 0.1) is 6.54 Å². The Morgan fingerprint density at radius 3 is 2.38 bits per heavy atom. The minimum absolute atomic E-state index is 0.0168. The van der Waals surface area contributed by atoms with Crippen LogP contribution in [0, 0.1) is 0 Å². The number of carbonyl (C=O) groups is 2. The van der Waals surface area contributed by atoms with E-state index in [1.165, 1.54) is 31.2 Å². The van der Waals surface area contributed by atoms with Crippen LogP contribution in [0.3, 0.4) is 0 Å². The fourth-order valence-corrected chi connectivity index (χ4v) is 3.34. The molecule has 0 aromatic heterocycles. The monoisotopic (exact) mass is 330 g/mol. The zero-order valence-electron chi connectivity index (χ0n) is 14.8. The second kappa shape index (κ2) is 10.1. The molecule has 0 heterocycles. The summed E-state index contributed by atoms with van der Waals surface area (Å²) in [6.45, 7) is 2.35. The first-order valence-electron chi connectivity index (χ1n) is 9.24. The van der Waals surface area contributed by atoms with E-state index in [2.05, 4.69) is 17.4 Å². The summed E-state index contributed by atoms with van der Waals surface area (Å²) in [4.78, 5) is 25.7. The van der Waals surface area contributed by atoms with E-state index in [-0.39, 0.29) is 24.4 Å². The first-order valence-corrected chi connectivity index (χ1v) is 9.24. The predicted octanol–water partition coefficient (Wildman–Crippen LogP) is 3.31. The molecule has 0 spiro atoms. The third-order valence-electron chi connectivity index (χ3n) is 4.74. The molecule has 2 rings (SSSR count). The van der Waals surface area contributed by atoms with E-state index in [0.29, 0.717) is 6.54 Å². The Morgan fingerprint density at radius 1 is 1.08 bits per heavy atom. The molecule has 2 amide bonds. The van der Waals surface area contributed by atoms with Crippen molar-refractivity contribution >= 4 is 11.8 Å². The molecule has 1 aromatic rings. The van der Waals surface area contributed by atoms with Gasteiger partial charge in [-0.05, 0) is 31.2 Å². The molecule has 1 aromatic carbocycles. The van der Waals surface area contributed by atoms with Gasteiger partial charge in [0, 0.05) is 19.5 Å². The molecule has 1 saturated carbocycles. The summed E-state index contributed by atoms with van der Waals surface area (Å²) in [6, 6.07) is 10.5. The second-order valence-corrected chi connectivity index (χ2v) is 6.79. The van der Waals surface area contributed by atoms with Gasteiger partial charge in [-0.25, -0.2) is 0 Å². The van der Waals surface area contributed by atoms with Gasteiger partial charge in [0.15, 0.2) is 0 Å². The molecule has 1 N–H and O–H groups in total. The van der Waals surface area contributed by atoms with Gasteiger partial charge in [-0.2, -0.15) is 0 Å². The van der Waals surface area contributed by atoms with Crippen LogP contribution >= 0.6 is 0 Å². The quantitative estimate of drug-likeness (QED) is 0.780. The van der Waals surface area contributed by atoms with E-state index < -0.39 is 0 Å². The van der Waals surface area contributed by atoms with Gasteiger partial charge in [-0.1, -0.05) is 56.0 Å². The Bertz CT molecular complexity index is 508. The first kappa shape index (κ1) is 18.5. The lowest BCUT2D eigenvalue weighted by Crippen LogP contribution is -2.43. The van der Waals surface area contributed by atoms with Crippen molar-refractivity contribution in [2.24, 2.45) is 0 Å². The topological polar surface area (TPSA) is 49.4 Å². The molecule has 24 heavy (non-hydrogen) atoms. The molecule has 0 radical (unpaired) electrons. The smallest absolute Gasteiger partial charge is 0.239 e. The van der Waals surface area contributed by atoms with Crippen molar-refractivity contribution in [1.29, 1.82) is 0 Å². The molecule has 4 nitrogen and oxygen atoms in total. The first-order chi connectivity index (χ1) is 11.6. The maximum Gasteiger partial charge on any atom is 0.239 e. The molecule has 132 valence electrons. The normalized spacial score (nSPS) is 15.5. The molecule has 0 saturated heterocycles. The minimum atomic E-state index is -0.0286. The van der Waals surface area contributed by atoms with Gasteiger partial charge < -0.3 is 10.2 Å². The maximum atomic E-state index is 12.3. The van der Waals surface area contributed by atoms with Gasteiger partial charge in [-0.3, -0.25) is 9.59 Å². The molecule has 0 atom stereocenters. The van der Waals surface area contributed by atoms with E-state index >= 15 is 0 Å². The molecular weight excluding hydrogens is 300 g/mol. The van der Waals surface area contributed by atoms with Crippen molar-refractivity contribution in [3.63, 3.8) is 0 Å². The third kappa shape index (κ3) is 6.73. The number of aryl methyl sites for hydroxylation is 1. The largest absolute Gasteiger partial charge is 0.352 e. The number of hydrogen-bond donors (Lipinski definition) is 1. The highest BCUT2D eigenvalue weighted by Crippen LogP contribution is 2.17. The standard InChI is InChI=1S/C20H30N2O2/c1-17(23)22(15-9-12-18-10-5-4-6-11-18)16-20(24)21-19-13-7-2-3-8-14-19/h4-6,10-11,19H,2-3,7-9,12-16H2,1H3,(H,21,24). The van der Waals surface area contributed by atoms with E-state index in [1.54, 1.807) is 11.8 Å². The lowest BCUT2D eigenvalue weighted by molar-refractivity contribution is -0.134. The molecule has 1 aliphatic carbocycles. The number of nitrogens with zero attached hydrogens (tertiary/aromatic N) is 1. The van der Waals surface area contributed by atoms with Crippen LogP contribution in [-0.4, -0.2) is 35.8 Å².